The fourth-order valence-electron chi connectivity index (χ4n) is 3.23. The third-order valence-corrected chi connectivity index (χ3v) is 9.01. The number of piperidine rings is 1. The van der Waals surface area contributed by atoms with Crippen LogP contribution in [-0.2, 0) is 11.0 Å². The van der Waals surface area contributed by atoms with E-state index in [0.29, 0.717) is 20.8 Å². The molecular weight excluding hydrogens is 501 g/mol. The number of halogens is 2. The van der Waals surface area contributed by atoms with Crippen molar-refractivity contribution in [3.8, 4) is 0 Å². The van der Waals surface area contributed by atoms with Crippen LogP contribution in [0, 0.1) is 6.92 Å². The van der Waals surface area contributed by atoms with Crippen LogP contribution in [0.25, 0.3) is 0 Å². The molecule has 0 aliphatic carbocycles. The summed E-state index contributed by atoms with van der Waals surface area (Å²) in [6, 6.07) is 15.7. The predicted molar refractivity (Wildman–Crippen MR) is 137 cm³/mol. The molecule has 1 unspecified atom stereocenters. The molecule has 1 atom stereocenters. The van der Waals surface area contributed by atoms with Crippen LogP contribution in [0.2, 0.25) is 10.0 Å². The molecule has 3 aromatic rings. The molecule has 2 aromatic carbocycles. The molecule has 1 N–H and O–H groups in total. The molecule has 0 bridgehead atoms. The number of nitrogens with one attached hydrogen (secondary N) is 1. The molecule has 4 rings (SSSR count). The van der Waals surface area contributed by atoms with Crippen LogP contribution >= 0.6 is 46.9 Å². The predicted octanol–water partition coefficient (Wildman–Crippen LogP) is 7.48. The number of nitrogens with zero attached hydrogens (tertiary/aromatic N) is 2. The monoisotopic (exact) mass is 523 g/mol. The molecule has 4 nitrogen and oxygen atoms in total. The fourth-order valence-corrected chi connectivity index (χ4v) is 6.55. The third-order valence-electron chi connectivity index (χ3n) is 4.96. The van der Waals surface area contributed by atoms with Crippen molar-refractivity contribution >= 4 is 63.7 Å². The van der Waals surface area contributed by atoms with E-state index in [2.05, 4.69) is 38.3 Å². The Morgan fingerprint density at radius 3 is 2.31 bits per heavy atom. The van der Waals surface area contributed by atoms with Crippen molar-refractivity contribution in [3.63, 3.8) is 0 Å². The first-order chi connectivity index (χ1) is 15.5. The molecule has 0 radical (unpaired) electrons. The molecule has 0 amide bonds. The number of pyridine rings is 1. The van der Waals surface area contributed by atoms with Gasteiger partial charge in [0.15, 0.2) is 11.0 Å². The van der Waals surface area contributed by atoms with Crippen LogP contribution in [0.15, 0.2) is 74.3 Å². The minimum absolute atomic E-state index is 0.362. The van der Waals surface area contributed by atoms with Gasteiger partial charge in [-0.3, -0.25) is 4.72 Å². The highest BCUT2D eigenvalue weighted by Crippen LogP contribution is 2.32. The van der Waals surface area contributed by atoms with Crippen LogP contribution in [-0.4, -0.2) is 26.6 Å². The number of aryl methyl sites for hydroxylation is 1. The summed E-state index contributed by atoms with van der Waals surface area (Å²) in [5, 5.41) is 0.911. The van der Waals surface area contributed by atoms with E-state index in [1.165, 1.54) is 37.2 Å². The Morgan fingerprint density at radius 1 is 0.938 bits per heavy atom. The second-order valence-corrected chi connectivity index (χ2v) is 11.7. The highest BCUT2D eigenvalue weighted by Gasteiger charge is 2.13. The van der Waals surface area contributed by atoms with E-state index >= 15 is 0 Å². The smallest absolute Gasteiger partial charge is 0.153 e. The summed E-state index contributed by atoms with van der Waals surface area (Å²) in [4.78, 5) is 8.32. The van der Waals surface area contributed by atoms with E-state index in [0.717, 1.165) is 15.4 Å². The molecule has 168 valence electrons. The Kier molecular flexibility index (Phi) is 8.43. The van der Waals surface area contributed by atoms with E-state index in [1.54, 1.807) is 30.1 Å². The molecule has 9 heteroatoms. The lowest BCUT2D eigenvalue weighted by Gasteiger charge is -2.25. The lowest BCUT2D eigenvalue weighted by Crippen LogP contribution is -2.22. The molecule has 0 saturated carbocycles. The van der Waals surface area contributed by atoms with Crippen LogP contribution < -0.4 is 4.72 Å². The van der Waals surface area contributed by atoms with Gasteiger partial charge in [0.1, 0.15) is 5.82 Å². The SMILES string of the molecule is Cc1cc(S(=O)Nc2ccc(Sc3ccc(SN4CCCCC4)cc3)cn2)c(Cl)cc1Cl. The number of aromatic nitrogens is 1. The lowest BCUT2D eigenvalue weighted by atomic mass is 10.2. The quantitative estimate of drug-likeness (QED) is 0.325. The maximum Gasteiger partial charge on any atom is 0.153 e. The highest BCUT2D eigenvalue weighted by molar-refractivity contribution is 7.99. The Balaban J connectivity index is 1.34. The van der Waals surface area contributed by atoms with Crippen molar-refractivity contribution in [1.29, 1.82) is 0 Å². The number of rotatable bonds is 7. The minimum atomic E-state index is -1.53. The van der Waals surface area contributed by atoms with Crippen LogP contribution in [0.1, 0.15) is 24.8 Å². The van der Waals surface area contributed by atoms with Crippen LogP contribution in [0.4, 0.5) is 5.82 Å². The summed E-state index contributed by atoms with van der Waals surface area (Å²) in [5.74, 6) is 0.518. The maximum absolute atomic E-state index is 12.7. The zero-order chi connectivity index (χ0) is 22.5. The van der Waals surface area contributed by atoms with Gasteiger partial charge in [0.25, 0.3) is 0 Å². The van der Waals surface area contributed by atoms with E-state index < -0.39 is 11.0 Å². The van der Waals surface area contributed by atoms with Crippen molar-refractivity contribution < 1.29 is 4.21 Å². The molecule has 1 saturated heterocycles. The van der Waals surface area contributed by atoms with Crippen molar-refractivity contribution in [1.82, 2.24) is 9.29 Å². The first-order valence-corrected chi connectivity index (χ1v) is 13.8. The number of hydrogen-bond acceptors (Lipinski definition) is 5. The van der Waals surface area contributed by atoms with E-state index in [-0.39, 0.29) is 0 Å². The summed E-state index contributed by atoms with van der Waals surface area (Å²) in [7, 11) is -1.53. The van der Waals surface area contributed by atoms with Gasteiger partial charge in [0.2, 0.25) is 0 Å². The normalized spacial score (nSPS) is 15.5. The average Bonchev–Trinajstić information content (AvgIpc) is 2.79. The van der Waals surface area contributed by atoms with E-state index in [9.17, 15) is 4.21 Å². The molecule has 1 aliphatic heterocycles. The maximum atomic E-state index is 12.7. The Labute approximate surface area is 210 Å². The zero-order valence-corrected chi connectivity index (χ0v) is 21.5. The van der Waals surface area contributed by atoms with Gasteiger partial charge in [-0.05, 0) is 85.8 Å². The van der Waals surface area contributed by atoms with Gasteiger partial charge >= 0.3 is 0 Å². The van der Waals surface area contributed by atoms with Gasteiger partial charge in [0, 0.05) is 39.0 Å². The van der Waals surface area contributed by atoms with Crippen molar-refractivity contribution in [2.24, 2.45) is 0 Å². The van der Waals surface area contributed by atoms with E-state index in [4.69, 9.17) is 23.2 Å². The zero-order valence-electron chi connectivity index (χ0n) is 17.5. The summed E-state index contributed by atoms with van der Waals surface area (Å²) >= 11 is 15.8. The molecule has 1 aliphatic rings. The largest absolute Gasteiger partial charge is 0.285 e. The second-order valence-electron chi connectivity index (χ2n) is 7.44. The topological polar surface area (TPSA) is 45.2 Å². The Morgan fingerprint density at radius 2 is 1.62 bits per heavy atom. The van der Waals surface area contributed by atoms with Gasteiger partial charge in [0.05, 0.1) is 9.92 Å². The molecule has 2 heterocycles. The molecular formula is C23H23Cl2N3OS3. The van der Waals surface area contributed by atoms with Gasteiger partial charge in [-0.15, -0.1) is 0 Å². The summed E-state index contributed by atoms with van der Waals surface area (Å²) in [6.45, 7) is 4.19. The first-order valence-electron chi connectivity index (χ1n) is 10.3. The fraction of sp³-hybridized carbons (Fsp3) is 0.261. The molecule has 32 heavy (non-hydrogen) atoms. The summed E-state index contributed by atoms with van der Waals surface area (Å²) in [5.41, 5.74) is 0.821. The van der Waals surface area contributed by atoms with Crippen LogP contribution in [0.5, 0.6) is 0 Å². The van der Waals surface area contributed by atoms with Gasteiger partial charge < -0.3 is 0 Å². The summed E-state index contributed by atoms with van der Waals surface area (Å²) in [6.07, 6.45) is 5.70. The molecule has 1 aromatic heterocycles. The van der Waals surface area contributed by atoms with E-state index in [1.807, 2.05) is 31.0 Å². The Bertz CT molecular complexity index is 1090. The average molecular weight is 525 g/mol. The molecule has 1 fully saturated rings. The van der Waals surface area contributed by atoms with Crippen molar-refractivity contribution in [3.05, 3.63) is 70.3 Å². The van der Waals surface area contributed by atoms with Gasteiger partial charge in [-0.2, -0.15) is 0 Å². The minimum Gasteiger partial charge on any atom is -0.285 e. The highest BCUT2D eigenvalue weighted by atomic mass is 35.5. The van der Waals surface area contributed by atoms with Gasteiger partial charge in [-0.25, -0.2) is 13.5 Å². The summed E-state index contributed by atoms with van der Waals surface area (Å²) < 4.78 is 18.0. The molecule has 0 spiro atoms. The Hall–Kier alpha value is -1.22. The number of hydrogen-bond donors (Lipinski definition) is 1. The van der Waals surface area contributed by atoms with Crippen molar-refractivity contribution in [2.45, 2.75) is 45.8 Å². The first kappa shape index (κ1) is 23.9. The lowest BCUT2D eigenvalue weighted by molar-refractivity contribution is 0.380. The standard InChI is InChI=1S/C23H23Cl2N3OS3/c1-16-13-22(21(25)14-20(16)24)32(29)27-23-10-9-19(15-26-23)30-17-5-7-18(8-6-17)31-28-11-3-2-4-12-28/h5-10,13-15H,2-4,11-12H2,1H3,(H,26,27). The van der Waals surface area contributed by atoms with Crippen molar-refractivity contribution in [2.75, 3.05) is 17.8 Å². The van der Waals surface area contributed by atoms with Gasteiger partial charge in [-0.1, -0.05) is 41.4 Å². The van der Waals surface area contributed by atoms with Crippen LogP contribution in [0.3, 0.4) is 0 Å². The number of anilines is 1. The third kappa shape index (κ3) is 6.43. The second kappa shape index (κ2) is 11.3. The number of benzene rings is 2.